The van der Waals surface area contributed by atoms with Gasteiger partial charge in [0.15, 0.2) is 11.8 Å². The lowest BCUT2D eigenvalue weighted by molar-refractivity contribution is -0.119. The Kier molecular flexibility index (Phi) is 5.21. The Morgan fingerprint density at radius 1 is 1.47 bits per heavy atom. The van der Waals surface area contributed by atoms with Crippen molar-refractivity contribution in [2.24, 2.45) is 10.7 Å². The third kappa shape index (κ3) is 3.52. The lowest BCUT2D eigenvalue weighted by atomic mass is 10.1. The molecular weight excluding hydrogens is 406 g/mol. The predicted octanol–water partition coefficient (Wildman–Crippen LogP) is 2.11. The molecule has 0 bridgehead atoms. The summed E-state index contributed by atoms with van der Waals surface area (Å²) in [4.78, 5) is 20.8. The number of nitrogens with two attached hydrogens (primary N) is 1. The maximum absolute atomic E-state index is 11.9. The minimum absolute atomic E-state index is 0.0550. The van der Waals surface area contributed by atoms with Gasteiger partial charge in [0.2, 0.25) is 5.91 Å². The molecule has 4 rings (SSSR count). The topological polar surface area (TPSA) is 119 Å². The highest BCUT2D eigenvalue weighted by atomic mass is 35.5. The van der Waals surface area contributed by atoms with Crippen molar-refractivity contribution >= 4 is 41.1 Å². The van der Waals surface area contributed by atoms with Crippen molar-refractivity contribution in [3.8, 4) is 5.75 Å². The van der Waals surface area contributed by atoms with E-state index in [1.165, 1.54) is 0 Å². The standard InChI is InChI=1S/C20H22ClN7O2/c1-10-8-24-14(17(21)18(10)30-3)9-28-19-16-12(25-20(22)26-19)5-4-11(6-13(16)27-28)7-15(29)23-2/h5-6,8H,4,7,9H2,1-3H3,(H,23,29)(H3,22,25,26). The summed E-state index contributed by atoms with van der Waals surface area (Å²) in [5.41, 5.74) is 10.8. The van der Waals surface area contributed by atoms with Gasteiger partial charge < -0.3 is 21.1 Å². The van der Waals surface area contributed by atoms with E-state index in [-0.39, 0.29) is 11.9 Å². The maximum atomic E-state index is 11.9. The van der Waals surface area contributed by atoms with Crippen molar-refractivity contribution in [2.45, 2.75) is 26.3 Å². The van der Waals surface area contributed by atoms with Gasteiger partial charge in [0.05, 0.1) is 36.3 Å². The predicted molar refractivity (Wildman–Crippen MR) is 116 cm³/mol. The Balaban J connectivity index is 1.79. The molecule has 2 aliphatic rings. The van der Waals surface area contributed by atoms with Crippen LogP contribution in [0.5, 0.6) is 5.75 Å². The Morgan fingerprint density at radius 2 is 2.27 bits per heavy atom. The van der Waals surface area contributed by atoms with E-state index in [4.69, 9.17) is 27.2 Å². The van der Waals surface area contributed by atoms with E-state index in [0.717, 1.165) is 22.4 Å². The first-order valence-corrected chi connectivity index (χ1v) is 9.79. The van der Waals surface area contributed by atoms with Crippen LogP contribution in [0.25, 0.3) is 11.8 Å². The number of guanidine groups is 1. The van der Waals surface area contributed by atoms with Gasteiger partial charge in [-0.3, -0.25) is 9.78 Å². The number of hydrogen-bond acceptors (Lipinski definition) is 7. The van der Waals surface area contributed by atoms with Crippen LogP contribution in [0.3, 0.4) is 0 Å². The fourth-order valence-corrected chi connectivity index (χ4v) is 3.88. The third-order valence-electron chi connectivity index (χ3n) is 5.02. The number of allylic oxidation sites excluding steroid dienone is 1. The van der Waals surface area contributed by atoms with Crippen LogP contribution < -0.4 is 21.1 Å². The van der Waals surface area contributed by atoms with Crippen molar-refractivity contribution in [1.29, 1.82) is 0 Å². The maximum Gasteiger partial charge on any atom is 0.223 e. The van der Waals surface area contributed by atoms with Crippen LogP contribution >= 0.6 is 11.6 Å². The molecule has 9 nitrogen and oxygen atoms in total. The summed E-state index contributed by atoms with van der Waals surface area (Å²) in [6.45, 7) is 2.17. The molecule has 156 valence electrons. The molecule has 0 fully saturated rings. The Bertz CT molecular complexity index is 1130. The zero-order chi connectivity index (χ0) is 21.4. The average Bonchev–Trinajstić information content (AvgIpc) is 2.95. The largest absolute Gasteiger partial charge is 0.495 e. The van der Waals surface area contributed by atoms with Gasteiger partial charge in [0, 0.05) is 25.2 Å². The number of nitrogens with one attached hydrogen (secondary N) is 2. The molecule has 0 radical (unpaired) electrons. The molecule has 1 aliphatic carbocycles. The summed E-state index contributed by atoms with van der Waals surface area (Å²) in [5, 5.41) is 10.9. The monoisotopic (exact) mass is 427 g/mol. The van der Waals surface area contributed by atoms with Gasteiger partial charge in [0.1, 0.15) is 10.8 Å². The Labute approximate surface area is 178 Å². The van der Waals surface area contributed by atoms with Crippen molar-refractivity contribution in [3.63, 3.8) is 0 Å². The van der Waals surface area contributed by atoms with Gasteiger partial charge in [-0.1, -0.05) is 23.3 Å². The lowest BCUT2D eigenvalue weighted by Crippen LogP contribution is -2.32. The summed E-state index contributed by atoms with van der Waals surface area (Å²) >= 11 is 6.51. The second-order valence-electron chi connectivity index (χ2n) is 7.07. The van der Waals surface area contributed by atoms with Crippen LogP contribution in [0.2, 0.25) is 5.02 Å². The van der Waals surface area contributed by atoms with E-state index >= 15 is 0 Å². The molecule has 0 aromatic carbocycles. The van der Waals surface area contributed by atoms with E-state index in [9.17, 15) is 4.79 Å². The first-order chi connectivity index (χ1) is 14.4. The molecule has 1 aliphatic heterocycles. The van der Waals surface area contributed by atoms with Crippen LogP contribution in [0.1, 0.15) is 35.4 Å². The number of aryl methyl sites for hydroxylation is 1. The average molecular weight is 428 g/mol. The van der Waals surface area contributed by atoms with Crippen LogP contribution in [-0.2, 0) is 11.3 Å². The van der Waals surface area contributed by atoms with Gasteiger partial charge in [-0.2, -0.15) is 10.1 Å². The van der Waals surface area contributed by atoms with Crippen LogP contribution in [0.4, 0.5) is 5.82 Å². The van der Waals surface area contributed by atoms with Crippen molar-refractivity contribution in [1.82, 2.24) is 25.4 Å². The molecule has 30 heavy (non-hydrogen) atoms. The van der Waals surface area contributed by atoms with Gasteiger partial charge in [0.25, 0.3) is 0 Å². The van der Waals surface area contributed by atoms with Crippen molar-refractivity contribution < 1.29 is 9.53 Å². The minimum Gasteiger partial charge on any atom is -0.495 e. The number of carbonyl (C=O) groups excluding carboxylic acids is 1. The first kappa shape index (κ1) is 20.0. The molecule has 10 heteroatoms. The van der Waals surface area contributed by atoms with E-state index in [1.807, 2.05) is 19.1 Å². The van der Waals surface area contributed by atoms with Crippen LogP contribution in [0, 0.1) is 6.92 Å². The number of carbonyl (C=O) groups is 1. The normalized spacial score (nSPS) is 14.6. The van der Waals surface area contributed by atoms with Gasteiger partial charge in [-0.15, -0.1) is 0 Å². The number of aromatic nitrogens is 3. The molecule has 0 unspecified atom stereocenters. The van der Waals surface area contributed by atoms with Crippen molar-refractivity contribution in [3.05, 3.63) is 45.4 Å². The quantitative estimate of drug-likeness (QED) is 0.672. The fourth-order valence-electron chi connectivity index (χ4n) is 3.55. The lowest BCUT2D eigenvalue weighted by Gasteiger charge is -2.17. The highest BCUT2D eigenvalue weighted by Gasteiger charge is 2.27. The van der Waals surface area contributed by atoms with Gasteiger partial charge >= 0.3 is 0 Å². The second kappa shape index (κ2) is 7.83. The van der Waals surface area contributed by atoms with Crippen LogP contribution in [-0.4, -0.2) is 40.8 Å². The van der Waals surface area contributed by atoms with E-state index in [2.05, 4.69) is 20.6 Å². The summed E-state index contributed by atoms with van der Waals surface area (Å²) in [6.07, 6.45) is 6.55. The molecular formula is C20H22ClN7O2. The summed E-state index contributed by atoms with van der Waals surface area (Å²) in [6, 6.07) is 0. The highest BCUT2D eigenvalue weighted by molar-refractivity contribution is 6.32. The zero-order valence-corrected chi connectivity index (χ0v) is 17.7. The molecule has 0 atom stereocenters. The molecule has 2 aromatic rings. The smallest absolute Gasteiger partial charge is 0.223 e. The van der Waals surface area contributed by atoms with Crippen molar-refractivity contribution in [2.75, 3.05) is 14.2 Å². The van der Waals surface area contributed by atoms with E-state index in [0.29, 0.717) is 47.4 Å². The molecule has 3 heterocycles. The number of methoxy groups -OCH3 is 1. The summed E-state index contributed by atoms with van der Waals surface area (Å²) in [7, 11) is 3.19. The summed E-state index contributed by atoms with van der Waals surface area (Å²) < 4.78 is 7.12. The molecule has 0 saturated carbocycles. The number of pyridine rings is 1. The molecule has 2 aromatic heterocycles. The Hall–Kier alpha value is -3.33. The number of hydrogen-bond donors (Lipinski definition) is 3. The highest BCUT2D eigenvalue weighted by Crippen LogP contribution is 2.37. The van der Waals surface area contributed by atoms with E-state index in [1.54, 1.807) is 25.0 Å². The second-order valence-corrected chi connectivity index (χ2v) is 7.45. The van der Waals surface area contributed by atoms with Gasteiger partial charge in [-0.05, 0) is 19.4 Å². The fraction of sp³-hybridized carbons (Fsp3) is 0.300. The first-order valence-electron chi connectivity index (χ1n) is 9.41. The number of nitrogens with zero attached hydrogens (tertiary/aromatic N) is 4. The molecule has 0 saturated heterocycles. The molecule has 4 N–H and O–H groups in total. The number of amides is 1. The third-order valence-corrected chi connectivity index (χ3v) is 5.41. The molecule has 1 amide bonds. The zero-order valence-electron chi connectivity index (χ0n) is 16.9. The Morgan fingerprint density at radius 3 is 3.00 bits per heavy atom. The number of ether oxygens (including phenoxy) is 1. The van der Waals surface area contributed by atoms with Crippen LogP contribution in [0.15, 0.2) is 22.8 Å². The van der Waals surface area contributed by atoms with Gasteiger partial charge in [-0.25, -0.2) is 4.68 Å². The number of aliphatic imine (C=N–C) groups is 1. The minimum atomic E-state index is -0.0550. The summed E-state index contributed by atoms with van der Waals surface area (Å²) in [5.74, 6) is 1.42. The SMILES string of the molecule is CNC(=O)CC1=Cc2nn(Cc3ncc(C)c(OC)c3Cl)c3c2C(=CC1)NC(N)=N3. The molecule has 0 spiro atoms. The number of rotatable bonds is 5. The van der Waals surface area contributed by atoms with E-state index < -0.39 is 0 Å². The number of halogens is 1.